The van der Waals surface area contributed by atoms with E-state index in [1.807, 2.05) is 6.92 Å². The molecule has 2 aromatic carbocycles. The lowest BCUT2D eigenvalue weighted by atomic mass is 10.1. The highest BCUT2D eigenvalue weighted by molar-refractivity contribution is 7.15. The molecular weight excluding hydrogens is 459 g/mol. The van der Waals surface area contributed by atoms with Crippen molar-refractivity contribution in [2.45, 2.75) is 20.1 Å². The molecule has 1 fully saturated rings. The largest absolute Gasteiger partial charge is 0.441 e. The van der Waals surface area contributed by atoms with Crippen LogP contribution in [-0.4, -0.2) is 52.6 Å². The Kier molecular flexibility index (Phi) is 5.84. The van der Waals surface area contributed by atoms with E-state index in [-0.39, 0.29) is 24.2 Å². The molecule has 8 nitrogen and oxygen atoms in total. The van der Waals surface area contributed by atoms with Crippen LogP contribution in [0.4, 0.5) is 4.39 Å². The van der Waals surface area contributed by atoms with Crippen LogP contribution < -0.4 is 5.32 Å². The van der Waals surface area contributed by atoms with E-state index >= 15 is 0 Å². The van der Waals surface area contributed by atoms with E-state index in [0.29, 0.717) is 46.3 Å². The molecule has 1 unspecified atom stereocenters. The quantitative estimate of drug-likeness (QED) is 0.465. The fourth-order valence-corrected chi connectivity index (χ4v) is 4.86. The number of amides is 2. The summed E-state index contributed by atoms with van der Waals surface area (Å²) in [5.74, 6) is -0.507. The zero-order chi connectivity index (χ0) is 23.8. The van der Waals surface area contributed by atoms with Crippen molar-refractivity contribution in [3.8, 4) is 10.4 Å². The number of rotatable bonds is 5. The second-order valence-corrected chi connectivity index (χ2v) is 9.04. The molecule has 1 aliphatic heterocycles. The van der Waals surface area contributed by atoms with Crippen molar-refractivity contribution in [3.63, 3.8) is 0 Å². The van der Waals surface area contributed by atoms with Crippen LogP contribution in [0.15, 0.2) is 46.9 Å². The lowest BCUT2D eigenvalue weighted by Gasteiger charge is -2.23. The van der Waals surface area contributed by atoms with Crippen molar-refractivity contribution in [3.05, 3.63) is 70.4 Å². The summed E-state index contributed by atoms with van der Waals surface area (Å²) in [6.07, 6.45) is -0.641. The minimum Gasteiger partial charge on any atom is -0.441 e. The van der Waals surface area contributed by atoms with Crippen LogP contribution in [0.5, 0.6) is 0 Å². The van der Waals surface area contributed by atoms with Gasteiger partial charge in [-0.25, -0.2) is 14.4 Å². The van der Waals surface area contributed by atoms with Crippen LogP contribution in [-0.2, 0) is 4.74 Å². The highest BCUT2D eigenvalue weighted by Gasteiger charge is 2.33. The highest BCUT2D eigenvalue weighted by Crippen LogP contribution is 2.32. The van der Waals surface area contributed by atoms with Gasteiger partial charge >= 0.3 is 0 Å². The molecule has 0 spiro atoms. The molecule has 1 N–H and O–H groups in total. The van der Waals surface area contributed by atoms with E-state index in [1.54, 1.807) is 42.2 Å². The van der Waals surface area contributed by atoms with E-state index < -0.39 is 6.23 Å². The third-order valence-corrected chi connectivity index (χ3v) is 6.52. The lowest BCUT2D eigenvalue weighted by Crippen LogP contribution is -2.44. The number of ether oxygens (including phenoxy) is 1. The first-order valence-electron chi connectivity index (χ1n) is 10.7. The minimum absolute atomic E-state index is 0.104. The number of para-hydroxylation sites is 1. The molecule has 5 rings (SSSR count). The van der Waals surface area contributed by atoms with E-state index in [0.717, 1.165) is 10.6 Å². The summed E-state index contributed by atoms with van der Waals surface area (Å²) in [4.78, 5) is 37.2. The molecule has 2 amide bonds. The lowest BCUT2D eigenvalue weighted by molar-refractivity contribution is 0.0277. The number of aromatic nitrogens is 2. The zero-order valence-electron chi connectivity index (χ0n) is 18.5. The van der Waals surface area contributed by atoms with Crippen LogP contribution in [0.1, 0.15) is 31.7 Å². The maximum atomic E-state index is 13.4. The van der Waals surface area contributed by atoms with Crippen molar-refractivity contribution in [1.29, 1.82) is 0 Å². The van der Waals surface area contributed by atoms with Gasteiger partial charge in [0, 0.05) is 13.5 Å². The Labute approximate surface area is 198 Å². The Morgan fingerprint density at radius 1 is 1.18 bits per heavy atom. The van der Waals surface area contributed by atoms with Crippen LogP contribution in [0, 0.1) is 19.7 Å². The first-order valence-corrected chi connectivity index (χ1v) is 11.5. The van der Waals surface area contributed by atoms with E-state index in [4.69, 9.17) is 9.15 Å². The maximum Gasteiger partial charge on any atom is 0.276 e. The van der Waals surface area contributed by atoms with Crippen LogP contribution in [0.2, 0.25) is 0 Å². The summed E-state index contributed by atoms with van der Waals surface area (Å²) in [7, 11) is 0. The second-order valence-electron chi connectivity index (χ2n) is 7.84. The molecule has 1 atom stereocenters. The average Bonchev–Trinajstić information content (AvgIpc) is 3.54. The number of hydrogen-bond acceptors (Lipinski definition) is 7. The second kappa shape index (κ2) is 8.96. The number of nitrogens with one attached hydrogen (secondary N) is 1. The van der Waals surface area contributed by atoms with Gasteiger partial charge in [-0.15, -0.1) is 11.3 Å². The number of nitrogens with zero attached hydrogens (tertiary/aromatic N) is 3. The summed E-state index contributed by atoms with van der Waals surface area (Å²) < 4.78 is 24.6. The predicted molar refractivity (Wildman–Crippen MR) is 124 cm³/mol. The molecule has 10 heteroatoms. The first-order chi connectivity index (χ1) is 16.4. The zero-order valence-corrected chi connectivity index (χ0v) is 19.3. The van der Waals surface area contributed by atoms with Crippen molar-refractivity contribution >= 4 is 34.3 Å². The van der Waals surface area contributed by atoms with Gasteiger partial charge in [-0.1, -0.05) is 18.2 Å². The molecule has 1 aliphatic rings. The molecule has 0 aliphatic carbocycles. The van der Waals surface area contributed by atoms with Gasteiger partial charge in [0.1, 0.15) is 23.3 Å². The normalized spacial score (nSPS) is 15.7. The minimum atomic E-state index is -0.641. The van der Waals surface area contributed by atoms with E-state index in [9.17, 15) is 14.0 Å². The molecule has 2 aromatic heterocycles. The number of benzene rings is 2. The Hall–Kier alpha value is -3.63. The van der Waals surface area contributed by atoms with E-state index in [1.165, 1.54) is 23.5 Å². The molecule has 3 heterocycles. The summed E-state index contributed by atoms with van der Waals surface area (Å²) in [5, 5.41) is 3.56. The Morgan fingerprint density at radius 2 is 1.97 bits per heavy atom. The Bertz CT molecular complexity index is 1380. The number of hydrogen-bond donors (Lipinski definition) is 1. The standard InChI is InChI=1S/C24H21FN4O4S/c1-13-27-20-17(4-3-5-18(20)33-13)23(30)26-12-19-29(10-11-32-19)24(31)21-22(34-14(2)28-21)15-6-8-16(25)9-7-15/h3-9,19H,10-12H2,1-2H3,(H,26,30). The number of carbonyl (C=O) groups excluding carboxylic acids is 2. The SMILES string of the molecule is Cc1nc2c(C(=O)NCC3OCCN3C(=O)c3nc(C)sc3-c3ccc(F)cc3)cccc2o1. The van der Waals surface area contributed by atoms with Gasteiger partial charge < -0.3 is 19.4 Å². The average molecular weight is 481 g/mol. The Balaban J connectivity index is 1.33. The molecule has 174 valence electrons. The smallest absolute Gasteiger partial charge is 0.276 e. The highest BCUT2D eigenvalue weighted by atomic mass is 32.1. The van der Waals surface area contributed by atoms with Gasteiger partial charge in [0.25, 0.3) is 11.8 Å². The number of thiazole rings is 1. The van der Waals surface area contributed by atoms with Crippen molar-refractivity contribution in [1.82, 2.24) is 20.2 Å². The number of aryl methyl sites for hydroxylation is 2. The summed E-state index contributed by atoms with van der Waals surface area (Å²) in [6.45, 7) is 4.36. The Morgan fingerprint density at radius 3 is 2.76 bits per heavy atom. The van der Waals surface area contributed by atoms with Crippen LogP contribution in [0.3, 0.4) is 0 Å². The molecule has 34 heavy (non-hydrogen) atoms. The van der Waals surface area contributed by atoms with Gasteiger partial charge in [-0.2, -0.15) is 0 Å². The molecule has 0 bridgehead atoms. The summed E-state index contributed by atoms with van der Waals surface area (Å²) >= 11 is 1.37. The third kappa shape index (κ3) is 4.17. The molecule has 0 radical (unpaired) electrons. The number of fused-ring (bicyclic) bond motifs is 1. The first kappa shape index (κ1) is 22.2. The monoisotopic (exact) mass is 480 g/mol. The summed E-state index contributed by atoms with van der Waals surface area (Å²) in [5.41, 5.74) is 2.42. The van der Waals surface area contributed by atoms with E-state index in [2.05, 4.69) is 15.3 Å². The topological polar surface area (TPSA) is 97.6 Å². The van der Waals surface area contributed by atoms with Gasteiger partial charge in [0.05, 0.1) is 28.6 Å². The van der Waals surface area contributed by atoms with Crippen molar-refractivity contribution in [2.75, 3.05) is 19.7 Å². The van der Waals surface area contributed by atoms with Gasteiger partial charge in [-0.3, -0.25) is 9.59 Å². The van der Waals surface area contributed by atoms with Gasteiger partial charge in [0.2, 0.25) is 0 Å². The van der Waals surface area contributed by atoms with Crippen molar-refractivity contribution < 1.29 is 23.1 Å². The fourth-order valence-electron chi connectivity index (χ4n) is 3.95. The molecule has 4 aromatic rings. The van der Waals surface area contributed by atoms with Crippen LogP contribution in [0.25, 0.3) is 21.5 Å². The van der Waals surface area contributed by atoms with Crippen LogP contribution >= 0.6 is 11.3 Å². The van der Waals surface area contributed by atoms with Gasteiger partial charge in [0.15, 0.2) is 11.5 Å². The molecule has 0 saturated carbocycles. The van der Waals surface area contributed by atoms with Crippen molar-refractivity contribution in [2.24, 2.45) is 0 Å². The third-order valence-electron chi connectivity index (χ3n) is 5.50. The number of halogens is 1. The maximum absolute atomic E-state index is 13.4. The molecule has 1 saturated heterocycles. The molecular formula is C24H21FN4O4S. The number of carbonyl (C=O) groups is 2. The van der Waals surface area contributed by atoms with Gasteiger partial charge in [-0.05, 0) is 36.8 Å². The predicted octanol–water partition coefficient (Wildman–Crippen LogP) is 3.94. The number of oxazole rings is 1. The fraction of sp³-hybridized carbons (Fsp3) is 0.250. The summed E-state index contributed by atoms with van der Waals surface area (Å²) in [6, 6.07) is 11.1.